The SMILES string of the molecule is NCC(Cc1cccc(F)c1Br)C1CCCC1. The van der Waals surface area contributed by atoms with Crippen molar-refractivity contribution in [3.8, 4) is 0 Å². The van der Waals surface area contributed by atoms with Crippen LogP contribution >= 0.6 is 15.9 Å². The average molecular weight is 300 g/mol. The summed E-state index contributed by atoms with van der Waals surface area (Å²) in [6, 6.07) is 5.25. The lowest BCUT2D eigenvalue weighted by atomic mass is 9.86. The molecule has 0 amide bonds. The minimum atomic E-state index is -0.176. The zero-order valence-corrected chi connectivity index (χ0v) is 11.5. The number of halogens is 2. The Morgan fingerprint density at radius 2 is 2.06 bits per heavy atom. The van der Waals surface area contributed by atoms with Crippen LogP contribution in [0.1, 0.15) is 31.2 Å². The lowest BCUT2D eigenvalue weighted by Crippen LogP contribution is -2.24. The normalized spacial score (nSPS) is 18.5. The predicted octanol–water partition coefficient (Wildman–Crippen LogP) is 3.90. The van der Waals surface area contributed by atoms with Gasteiger partial charge in [-0.25, -0.2) is 4.39 Å². The van der Waals surface area contributed by atoms with Crippen LogP contribution < -0.4 is 5.73 Å². The van der Waals surface area contributed by atoms with Crippen LogP contribution in [-0.2, 0) is 6.42 Å². The summed E-state index contributed by atoms with van der Waals surface area (Å²) in [4.78, 5) is 0. The highest BCUT2D eigenvalue weighted by molar-refractivity contribution is 9.10. The van der Waals surface area contributed by atoms with Gasteiger partial charge < -0.3 is 5.73 Å². The molecule has 0 aliphatic heterocycles. The fraction of sp³-hybridized carbons (Fsp3) is 0.571. The largest absolute Gasteiger partial charge is 0.330 e. The van der Waals surface area contributed by atoms with Crippen LogP contribution in [0.3, 0.4) is 0 Å². The lowest BCUT2D eigenvalue weighted by molar-refractivity contribution is 0.344. The van der Waals surface area contributed by atoms with Gasteiger partial charge in [0.2, 0.25) is 0 Å². The Hall–Kier alpha value is -0.410. The predicted molar refractivity (Wildman–Crippen MR) is 72.3 cm³/mol. The number of rotatable bonds is 4. The zero-order valence-electron chi connectivity index (χ0n) is 9.96. The first-order valence-electron chi connectivity index (χ1n) is 6.35. The topological polar surface area (TPSA) is 26.0 Å². The maximum Gasteiger partial charge on any atom is 0.137 e. The Balaban J connectivity index is 2.09. The summed E-state index contributed by atoms with van der Waals surface area (Å²) in [5.41, 5.74) is 6.93. The molecule has 17 heavy (non-hydrogen) atoms. The van der Waals surface area contributed by atoms with Crippen molar-refractivity contribution < 1.29 is 4.39 Å². The van der Waals surface area contributed by atoms with Crippen LogP contribution in [0.15, 0.2) is 22.7 Å². The zero-order chi connectivity index (χ0) is 12.3. The van der Waals surface area contributed by atoms with Crippen molar-refractivity contribution in [2.75, 3.05) is 6.54 Å². The molecule has 0 aromatic heterocycles. The quantitative estimate of drug-likeness (QED) is 0.897. The van der Waals surface area contributed by atoms with Gasteiger partial charge in [-0.1, -0.05) is 37.8 Å². The van der Waals surface area contributed by atoms with Gasteiger partial charge in [0.05, 0.1) is 4.47 Å². The van der Waals surface area contributed by atoms with Crippen molar-refractivity contribution in [2.24, 2.45) is 17.6 Å². The molecule has 0 spiro atoms. The van der Waals surface area contributed by atoms with E-state index < -0.39 is 0 Å². The Labute approximate surface area is 111 Å². The van der Waals surface area contributed by atoms with Crippen LogP contribution in [0.25, 0.3) is 0 Å². The van der Waals surface area contributed by atoms with E-state index in [0.29, 0.717) is 16.9 Å². The van der Waals surface area contributed by atoms with Crippen molar-refractivity contribution in [1.29, 1.82) is 0 Å². The van der Waals surface area contributed by atoms with Crippen LogP contribution in [0, 0.1) is 17.7 Å². The molecule has 1 unspecified atom stereocenters. The molecular formula is C14H19BrFN. The lowest BCUT2D eigenvalue weighted by Gasteiger charge is -2.22. The maximum absolute atomic E-state index is 13.4. The molecule has 0 saturated heterocycles. The fourth-order valence-corrected chi connectivity index (χ4v) is 3.29. The average Bonchev–Trinajstić information content (AvgIpc) is 2.85. The van der Waals surface area contributed by atoms with Crippen molar-refractivity contribution in [1.82, 2.24) is 0 Å². The van der Waals surface area contributed by atoms with E-state index in [1.807, 2.05) is 6.07 Å². The highest BCUT2D eigenvalue weighted by atomic mass is 79.9. The van der Waals surface area contributed by atoms with Crippen LogP contribution in [-0.4, -0.2) is 6.54 Å². The highest BCUT2D eigenvalue weighted by Gasteiger charge is 2.24. The molecule has 1 saturated carbocycles. The first-order chi connectivity index (χ1) is 8.22. The van der Waals surface area contributed by atoms with E-state index in [-0.39, 0.29) is 5.82 Å². The minimum absolute atomic E-state index is 0.176. The monoisotopic (exact) mass is 299 g/mol. The summed E-state index contributed by atoms with van der Waals surface area (Å²) < 4.78 is 14.0. The van der Waals surface area contributed by atoms with Gasteiger partial charge in [0.15, 0.2) is 0 Å². The fourth-order valence-electron chi connectivity index (χ4n) is 2.86. The van der Waals surface area contributed by atoms with Gasteiger partial charge in [0, 0.05) is 0 Å². The molecule has 2 rings (SSSR count). The van der Waals surface area contributed by atoms with Gasteiger partial charge in [-0.3, -0.25) is 0 Å². The van der Waals surface area contributed by atoms with Crippen LogP contribution in [0.5, 0.6) is 0 Å². The second-order valence-corrected chi connectivity index (χ2v) is 5.75. The van der Waals surface area contributed by atoms with Crippen molar-refractivity contribution >= 4 is 15.9 Å². The molecule has 1 aromatic rings. The van der Waals surface area contributed by atoms with Gasteiger partial charge in [-0.15, -0.1) is 0 Å². The minimum Gasteiger partial charge on any atom is -0.330 e. The van der Waals surface area contributed by atoms with Crippen LogP contribution in [0.2, 0.25) is 0 Å². The van der Waals surface area contributed by atoms with Gasteiger partial charge >= 0.3 is 0 Å². The second-order valence-electron chi connectivity index (χ2n) is 4.96. The number of hydrogen-bond donors (Lipinski definition) is 1. The molecule has 1 aliphatic carbocycles. The second kappa shape index (κ2) is 5.96. The van der Waals surface area contributed by atoms with E-state index in [1.165, 1.54) is 31.7 Å². The van der Waals surface area contributed by atoms with E-state index in [0.717, 1.165) is 17.9 Å². The summed E-state index contributed by atoms with van der Waals surface area (Å²) in [6.45, 7) is 0.702. The first-order valence-corrected chi connectivity index (χ1v) is 7.14. The third kappa shape index (κ3) is 3.08. The summed E-state index contributed by atoms with van der Waals surface area (Å²) in [6.07, 6.45) is 6.11. The Morgan fingerprint density at radius 1 is 1.35 bits per heavy atom. The van der Waals surface area contributed by atoms with E-state index in [1.54, 1.807) is 6.07 Å². The standard InChI is InChI=1S/C14H19BrFN/c15-14-11(6-3-7-13(14)16)8-12(9-17)10-4-1-2-5-10/h3,6-7,10,12H,1-2,4-5,8-9,17H2. The first kappa shape index (κ1) is 13.0. The molecule has 0 heterocycles. The number of benzene rings is 1. The molecule has 1 aliphatic rings. The van der Waals surface area contributed by atoms with E-state index in [4.69, 9.17) is 5.73 Å². The van der Waals surface area contributed by atoms with E-state index >= 15 is 0 Å². The van der Waals surface area contributed by atoms with Crippen molar-refractivity contribution in [2.45, 2.75) is 32.1 Å². The van der Waals surface area contributed by atoms with Crippen LogP contribution in [0.4, 0.5) is 4.39 Å². The van der Waals surface area contributed by atoms with Gasteiger partial charge in [-0.2, -0.15) is 0 Å². The molecule has 3 heteroatoms. The van der Waals surface area contributed by atoms with Gasteiger partial charge in [-0.05, 0) is 52.4 Å². The molecule has 0 bridgehead atoms. The molecule has 1 fully saturated rings. The number of hydrogen-bond acceptors (Lipinski definition) is 1. The van der Waals surface area contributed by atoms with Crippen molar-refractivity contribution in [3.63, 3.8) is 0 Å². The van der Waals surface area contributed by atoms with Gasteiger partial charge in [0.25, 0.3) is 0 Å². The van der Waals surface area contributed by atoms with Crippen molar-refractivity contribution in [3.05, 3.63) is 34.1 Å². The Bertz CT molecular complexity index is 374. The summed E-state index contributed by atoms with van der Waals surface area (Å²) >= 11 is 3.33. The molecule has 1 nitrogen and oxygen atoms in total. The van der Waals surface area contributed by atoms with Gasteiger partial charge in [0.1, 0.15) is 5.82 Å². The summed E-state index contributed by atoms with van der Waals surface area (Å²) in [5, 5.41) is 0. The molecule has 2 N–H and O–H groups in total. The third-order valence-electron chi connectivity index (χ3n) is 3.88. The third-order valence-corrected chi connectivity index (χ3v) is 4.77. The van der Waals surface area contributed by atoms with E-state index in [9.17, 15) is 4.39 Å². The maximum atomic E-state index is 13.4. The number of nitrogens with two attached hydrogens (primary N) is 1. The molecule has 1 aromatic carbocycles. The summed E-state index contributed by atoms with van der Waals surface area (Å²) in [5.74, 6) is 1.05. The summed E-state index contributed by atoms with van der Waals surface area (Å²) in [7, 11) is 0. The Morgan fingerprint density at radius 3 is 2.71 bits per heavy atom. The molecular weight excluding hydrogens is 281 g/mol. The Kier molecular flexibility index (Phi) is 4.57. The molecule has 0 radical (unpaired) electrons. The smallest absolute Gasteiger partial charge is 0.137 e. The highest BCUT2D eigenvalue weighted by Crippen LogP contribution is 2.34. The van der Waals surface area contributed by atoms with E-state index in [2.05, 4.69) is 15.9 Å². The molecule has 94 valence electrons. The molecule has 1 atom stereocenters.